The molecule has 0 bridgehead atoms. The van der Waals surface area contributed by atoms with Crippen LogP contribution in [0.5, 0.6) is 0 Å². The molecule has 1 rings (SSSR count). The van der Waals surface area contributed by atoms with Crippen LogP contribution >= 0.6 is 0 Å². The quantitative estimate of drug-likeness (QED) is 0.652. The molecule has 0 saturated carbocycles. The van der Waals surface area contributed by atoms with Gasteiger partial charge in [0.25, 0.3) is 0 Å². The summed E-state index contributed by atoms with van der Waals surface area (Å²) in [5.74, 6) is 0.771. The van der Waals surface area contributed by atoms with Crippen LogP contribution in [0.25, 0.3) is 0 Å². The highest BCUT2D eigenvalue weighted by Gasteiger charge is 2.10. The second-order valence-corrected chi connectivity index (χ2v) is 3.02. The summed E-state index contributed by atoms with van der Waals surface area (Å²) in [6, 6.07) is -0.225. The topological polar surface area (TPSA) is 71.8 Å². The highest BCUT2D eigenvalue weighted by Crippen LogP contribution is 1.91. The molecule has 1 atom stereocenters. The minimum atomic E-state index is -0.225. The molecule has 0 spiro atoms. The molecule has 1 heterocycles. The summed E-state index contributed by atoms with van der Waals surface area (Å²) in [5, 5.41) is 9.53. The zero-order valence-electron chi connectivity index (χ0n) is 8.61. The number of hydrogen-bond donors (Lipinski definition) is 2. The van der Waals surface area contributed by atoms with Crippen LogP contribution in [0.2, 0.25) is 0 Å². The molecule has 1 aromatic rings. The fourth-order valence-corrected chi connectivity index (χ4v) is 1.03. The molecule has 1 amide bonds. The maximum Gasteiger partial charge on any atom is 0.236 e. The first-order valence-electron chi connectivity index (χ1n) is 4.43. The predicted molar refractivity (Wildman–Crippen MR) is 51.4 cm³/mol. The highest BCUT2D eigenvalue weighted by atomic mass is 16.2. The highest BCUT2D eigenvalue weighted by molar-refractivity contribution is 5.80. The molecule has 78 valence electrons. The van der Waals surface area contributed by atoms with Gasteiger partial charge in [-0.25, -0.2) is 4.98 Å². The lowest BCUT2D eigenvalue weighted by atomic mass is 10.3. The molecule has 0 aliphatic rings. The van der Waals surface area contributed by atoms with Gasteiger partial charge in [0.2, 0.25) is 5.91 Å². The minimum Gasteiger partial charge on any atom is -0.358 e. The van der Waals surface area contributed by atoms with Gasteiger partial charge >= 0.3 is 0 Å². The van der Waals surface area contributed by atoms with Gasteiger partial charge in [0.1, 0.15) is 12.2 Å². The molecule has 0 aliphatic heterocycles. The third-order valence-electron chi connectivity index (χ3n) is 2.01. The van der Waals surface area contributed by atoms with Crippen molar-refractivity contribution in [1.29, 1.82) is 0 Å². The number of hydrogen-bond acceptors (Lipinski definition) is 4. The van der Waals surface area contributed by atoms with E-state index in [1.807, 2.05) is 7.05 Å². The van der Waals surface area contributed by atoms with Gasteiger partial charge in [-0.15, -0.1) is 0 Å². The first-order chi connectivity index (χ1) is 6.65. The molecule has 2 N–H and O–H groups in total. The Morgan fingerprint density at radius 3 is 2.93 bits per heavy atom. The Morgan fingerprint density at radius 2 is 2.43 bits per heavy atom. The summed E-state index contributed by atoms with van der Waals surface area (Å²) in [6.45, 7) is 2.33. The largest absolute Gasteiger partial charge is 0.358 e. The van der Waals surface area contributed by atoms with Crippen LogP contribution in [-0.4, -0.2) is 33.8 Å². The number of nitrogens with one attached hydrogen (secondary N) is 2. The molecule has 0 aromatic carbocycles. The summed E-state index contributed by atoms with van der Waals surface area (Å²) in [7, 11) is 3.43. The summed E-state index contributed by atoms with van der Waals surface area (Å²) < 4.78 is 1.67. The van der Waals surface area contributed by atoms with Crippen molar-refractivity contribution < 1.29 is 4.79 Å². The van der Waals surface area contributed by atoms with Crippen LogP contribution < -0.4 is 10.6 Å². The first kappa shape index (κ1) is 10.6. The lowest BCUT2D eigenvalue weighted by molar-refractivity contribution is -0.122. The lowest BCUT2D eigenvalue weighted by Gasteiger charge is -2.11. The van der Waals surface area contributed by atoms with Crippen LogP contribution in [0, 0.1) is 0 Å². The molecule has 0 radical (unpaired) electrons. The number of rotatable bonds is 4. The monoisotopic (exact) mass is 197 g/mol. The second kappa shape index (κ2) is 4.71. The summed E-state index contributed by atoms with van der Waals surface area (Å²) in [4.78, 5) is 15.2. The van der Waals surface area contributed by atoms with Crippen LogP contribution in [0.15, 0.2) is 6.33 Å². The van der Waals surface area contributed by atoms with E-state index in [4.69, 9.17) is 0 Å². The van der Waals surface area contributed by atoms with Crippen LogP contribution in [-0.2, 0) is 18.4 Å². The Labute approximate surface area is 82.7 Å². The maximum atomic E-state index is 11.1. The van der Waals surface area contributed by atoms with Crippen molar-refractivity contribution in [2.24, 2.45) is 7.05 Å². The molecular weight excluding hydrogens is 182 g/mol. The maximum absolute atomic E-state index is 11.1. The number of aryl methyl sites for hydroxylation is 1. The number of nitrogens with zero attached hydrogens (tertiary/aromatic N) is 3. The Bertz CT molecular complexity index is 308. The molecule has 0 saturated heterocycles. The van der Waals surface area contributed by atoms with E-state index in [0.717, 1.165) is 5.82 Å². The molecule has 0 aliphatic carbocycles. The zero-order valence-corrected chi connectivity index (χ0v) is 8.61. The average Bonchev–Trinajstić information content (AvgIpc) is 2.59. The van der Waals surface area contributed by atoms with Crippen molar-refractivity contribution in [1.82, 2.24) is 25.4 Å². The Kier molecular flexibility index (Phi) is 3.58. The van der Waals surface area contributed by atoms with E-state index < -0.39 is 0 Å². The molecule has 14 heavy (non-hydrogen) atoms. The van der Waals surface area contributed by atoms with Crippen LogP contribution in [0.3, 0.4) is 0 Å². The Hall–Kier alpha value is -1.43. The summed E-state index contributed by atoms with van der Waals surface area (Å²) >= 11 is 0. The first-order valence-corrected chi connectivity index (χ1v) is 4.43. The van der Waals surface area contributed by atoms with Gasteiger partial charge in [-0.2, -0.15) is 5.10 Å². The average molecular weight is 197 g/mol. The fourth-order valence-electron chi connectivity index (χ4n) is 1.03. The van der Waals surface area contributed by atoms with E-state index in [1.54, 1.807) is 18.7 Å². The second-order valence-electron chi connectivity index (χ2n) is 3.02. The number of carbonyl (C=O) groups is 1. The number of amides is 1. The van der Waals surface area contributed by atoms with Gasteiger partial charge in [0, 0.05) is 14.1 Å². The SMILES string of the molecule is CNC(=O)C(C)NCc1ncnn1C. The van der Waals surface area contributed by atoms with Gasteiger partial charge in [0.05, 0.1) is 12.6 Å². The van der Waals surface area contributed by atoms with Gasteiger partial charge in [-0.1, -0.05) is 0 Å². The van der Waals surface area contributed by atoms with E-state index >= 15 is 0 Å². The van der Waals surface area contributed by atoms with Crippen LogP contribution in [0.4, 0.5) is 0 Å². The van der Waals surface area contributed by atoms with E-state index in [2.05, 4.69) is 20.7 Å². The number of aromatic nitrogens is 3. The van der Waals surface area contributed by atoms with Gasteiger partial charge < -0.3 is 5.32 Å². The molecule has 6 nitrogen and oxygen atoms in total. The summed E-state index contributed by atoms with van der Waals surface area (Å²) in [6.07, 6.45) is 1.49. The van der Waals surface area contributed by atoms with E-state index in [-0.39, 0.29) is 11.9 Å². The molecule has 6 heteroatoms. The van der Waals surface area contributed by atoms with Crippen molar-refractivity contribution in [3.05, 3.63) is 12.2 Å². The molecule has 1 aromatic heterocycles. The van der Waals surface area contributed by atoms with Crippen molar-refractivity contribution in [2.45, 2.75) is 19.5 Å². The normalized spacial score (nSPS) is 12.5. The Morgan fingerprint density at radius 1 is 1.71 bits per heavy atom. The van der Waals surface area contributed by atoms with Crippen LogP contribution in [0.1, 0.15) is 12.7 Å². The number of carbonyl (C=O) groups excluding carboxylic acids is 1. The van der Waals surface area contributed by atoms with Crippen molar-refractivity contribution in [3.8, 4) is 0 Å². The van der Waals surface area contributed by atoms with Crippen molar-refractivity contribution in [3.63, 3.8) is 0 Å². The van der Waals surface area contributed by atoms with E-state index in [9.17, 15) is 4.79 Å². The zero-order chi connectivity index (χ0) is 10.6. The number of likely N-dealkylation sites (N-methyl/N-ethyl adjacent to an activating group) is 1. The molecule has 1 unspecified atom stereocenters. The predicted octanol–water partition coefficient (Wildman–Crippen LogP) is -0.961. The summed E-state index contributed by atoms with van der Waals surface area (Å²) in [5.41, 5.74) is 0. The lowest BCUT2D eigenvalue weighted by Crippen LogP contribution is -2.40. The minimum absolute atomic E-state index is 0.0350. The third-order valence-corrected chi connectivity index (χ3v) is 2.01. The van der Waals surface area contributed by atoms with E-state index in [1.165, 1.54) is 6.33 Å². The van der Waals surface area contributed by atoms with Crippen molar-refractivity contribution >= 4 is 5.91 Å². The molecule has 0 fully saturated rings. The van der Waals surface area contributed by atoms with Gasteiger partial charge in [-0.3, -0.25) is 14.8 Å². The third kappa shape index (κ3) is 2.53. The smallest absolute Gasteiger partial charge is 0.236 e. The Balaban J connectivity index is 2.41. The standard InChI is InChI=1S/C8H15N5O/c1-6(8(14)9-2)10-4-7-11-5-12-13(7)3/h5-6,10H,4H2,1-3H3,(H,9,14). The fraction of sp³-hybridized carbons (Fsp3) is 0.625. The van der Waals surface area contributed by atoms with Gasteiger partial charge in [-0.05, 0) is 6.92 Å². The van der Waals surface area contributed by atoms with Crippen molar-refractivity contribution in [2.75, 3.05) is 7.05 Å². The van der Waals surface area contributed by atoms with Gasteiger partial charge in [0.15, 0.2) is 0 Å². The molecular formula is C8H15N5O. The van der Waals surface area contributed by atoms with E-state index in [0.29, 0.717) is 6.54 Å².